The fourth-order valence-corrected chi connectivity index (χ4v) is 2.90. The van der Waals surface area contributed by atoms with Crippen LogP contribution in [-0.2, 0) is 13.7 Å². The molecular formula is C18H14ClFN6O2. The van der Waals surface area contributed by atoms with Gasteiger partial charge in [0.05, 0.1) is 22.0 Å². The molecule has 2 aromatic carbocycles. The summed E-state index contributed by atoms with van der Waals surface area (Å²) >= 11 is 6.30. The van der Waals surface area contributed by atoms with Gasteiger partial charge in [-0.2, -0.15) is 14.5 Å². The van der Waals surface area contributed by atoms with Crippen molar-refractivity contribution in [2.24, 2.45) is 7.05 Å². The van der Waals surface area contributed by atoms with Crippen molar-refractivity contribution >= 4 is 11.6 Å². The Bertz CT molecular complexity index is 1190. The van der Waals surface area contributed by atoms with Crippen LogP contribution in [0.3, 0.4) is 0 Å². The number of hydrogen-bond donors (Lipinski definition) is 0. The zero-order chi connectivity index (χ0) is 19.7. The monoisotopic (exact) mass is 400 g/mol. The topological polar surface area (TPSA) is 79.8 Å². The summed E-state index contributed by atoms with van der Waals surface area (Å²) in [5, 5.41) is 11.9. The molecule has 10 heteroatoms. The molecule has 4 rings (SSSR count). The molecule has 4 aromatic rings. The lowest BCUT2D eigenvalue weighted by Crippen LogP contribution is -2.23. The Morgan fingerprint density at radius 2 is 2.04 bits per heavy atom. The van der Waals surface area contributed by atoms with Gasteiger partial charge >= 0.3 is 5.69 Å². The van der Waals surface area contributed by atoms with Crippen molar-refractivity contribution in [3.8, 4) is 17.1 Å². The summed E-state index contributed by atoms with van der Waals surface area (Å²) in [7, 11) is 1.46. The van der Waals surface area contributed by atoms with E-state index in [1.165, 1.54) is 19.2 Å². The van der Waals surface area contributed by atoms with Crippen LogP contribution >= 0.6 is 11.6 Å². The first-order valence-corrected chi connectivity index (χ1v) is 8.61. The minimum Gasteiger partial charge on any atom is -0.487 e. The van der Waals surface area contributed by atoms with Gasteiger partial charge in [0.2, 0.25) is 0 Å². The molecule has 28 heavy (non-hydrogen) atoms. The van der Waals surface area contributed by atoms with E-state index >= 15 is 0 Å². The molecule has 0 atom stereocenters. The van der Waals surface area contributed by atoms with Crippen molar-refractivity contribution in [1.82, 2.24) is 29.6 Å². The standard InChI is InChI=1S/C18H14ClFN6O2/c1-24-18(27)26(23-22-24)16-5-2-4-15(20)13(16)11-28-17-7-6-12(10-14(17)19)25-9-3-8-21-25/h2-10H,11H2,1H3. The first-order chi connectivity index (χ1) is 13.5. The Morgan fingerprint density at radius 3 is 2.71 bits per heavy atom. The zero-order valence-electron chi connectivity index (χ0n) is 14.7. The van der Waals surface area contributed by atoms with Crippen LogP contribution in [0.25, 0.3) is 11.4 Å². The van der Waals surface area contributed by atoms with Crippen LogP contribution in [0.4, 0.5) is 4.39 Å². The first-order valence-electron chi connectivity index (χ1n) is 8.24. The van der Waals surface area contributed by atoms with Gasteiger partial charge in [-0.15, -0.1) is 0 Å². The molecule has 0 amide bonds. The Labute approximate surface area is 163 Å². The third-order valence-electron chi connectivity index (χ3n) is 4.10. The number of nitrogens with zero attached hydrogens (tertiary/aromatic N) is 6. The largest absolute Gasteiger partial charge is 0.487 e. The molecule has 0 saturated carbocycles. The Morgan fingerprint density at radius 1 is 1.18 bits per heavy atom. The van der Waals surface area contributed by atoms with E-state index in [1.807, 2.05) is 0 Å². The van der Waals surface area contributed by atoms with E-state index in [9.17, 15) is 9.18 Å². The molecule has 0 N–H and O–H groups in total. The van der Waals surface area contributed by atoms with Crippen molar-refractivity contribution in [3.63, 3.8) is 0 Å². The van der Waals surface area contributed by atoms with Crippen LogP contribution in [0.2, 0.25) is 5.02 Å². The molecule has 0 aliphatic heterocycles. The molecule has 2 heterocycles. The van der Waals surface area contributed by atoms with E-state index in [0.717, 1.165) is 15.1 Å². The summed E-state index contributed by atoms with van der Waals surface area (Å²) in [6, 6.07) is 11.3. The highest BCUT2D eigenvalue weighted by Gasteiger charge is 2.16. The molecule has 0 fully saturated rings. The first kappa shape index (κ1) is 17.9. The molecule has 8 nitrogen and oxygen atoms in total. The summed E-state index contributed by atoms with van der Waals surface area (Å²) in [6.07, 6.45) is 3.45. The molecule has 142 valence electrons. The van der Waals surface area contributed by atoms with Crippen LogP contribution in [0.15, 0.2) is 59.7 Å². The molecule has 0 aliphatic rings. The Balaban J connectivity index is 1.62. The molecular weight excluding hydrogens is 387 g/mol. The molecule has 0 unspecified atom stereocenters. The lowest BCUT2D eigenvalue weighted by atomic mass is 10.1. The predicted octanol–water partition coefficient (Wildman–Crippen LogP) is 2.52. The second kappa shape index (κ2) is 7.28. The van der Waals surface area contributed by atoms with E-state index < -0.39 is 11.5 Å². The SMILES string of the molecule is Cn1nnn(-c2cccc(F)c2COc2ccc(-n3cccn3)cc2Cl)c1=O. The van der Waals surface area contributed by atoms with Gasteiger partial charge in [-0.05, 0) is 46.8 Å². The fourth-order valence-electron chi connectivity index (χ4n) is 2.67. The number of tetrazole rings is 1. The Kier molecular flexibility index (Phi) is 4.66. The van der Waals surface area contributed by atoms with Crippen LogP contribution in [0, 0.1) is 5.82 Å². The summed E-state index contributed by atoms with van der Waals surface area (Å²) in [5.41, 5.74) is 0.688. The third-order valence-corrected chi connectivity index (χ3v) is 4.40. The van der Waals surface area contributed by atoms with E-state index in [0.29, 0.717) is 10.8 Å². The minimum absolute atomic E-state index is 0.147. The smallest absolute Gasteiger partial charge is 0.368 e. The van der Waals surface area contributed by atoms with Gasteiger partial charge in [0.25, 0.3) is 0 Å². The van der Waals surface area contributed by atoms with Gasteiger partial charge in [-0.1, -0.05) is 17.7 Å². The van der Waals surface area contributed by atoms with Crippen molar-refractivity contribution in [2.45, 2.75) is 6.61 Å². The summed E-state index contributed by atoms with van der Waals surface area (Å²) in [6.45, 7) is -0.147. The van der Waals surface area contributed by atoms with E-state index in [2.05, 4.69) is 15.5 Å². The number of hydrogen-bond acceptors (Lipinski definition) is 5. The molecule has 0 saturated heterocycles. The fraction of sp³-hybridized carbons (Fsp3) is 0.111. The average molecular weight is 401 g/mol. The Hall–Kier alpha value is -3.46. The molecule has 0 aliphatic carbocycles. The maximum Gasteiger partial charge on any atom is 0.368 e. The van der Waals surface area contributed by atoms with Crippen LogP contribution in [0.5, 0.6) is 5.75 Å². The third kappa shape index (κ3) is 3.27. The molecule has 0 radical (unpaired) electrons. The van der Waals surface area contributed by atoms with Crippen LogP contribution in [0.1, 0.15) is 5.56 Å². The normalized spacial score (nSPS) is 11.0. The highest BCUT2D eigenvalue weighted by molar-refractivity contribution is 6.32. The lowest BCUT2D eigenvalue weighted by Gasteiger charge is -2.13. The summed E-state index contributed by atoms with van der Waals surface area (Å²) < 4.78 is 23.9. The van der Waals surface area contributed by atoms with Gasteiger partial charge in [-0.3, -0.25) is 0 Å². The maximum atomic E-state index is 14.4. The number of rotatable bonds is 5. The van der Waals surface area contributed by atoms with Gasteiger partial charge < -0.3 is 4.74 Å². The zero-order valence-corrected chi connectivity index (χ0v) is 15.4. The van der Waals surface area contributed by atoms with Crippen molar-refractivity contribution in [1.29, 1.82) is 0 Å². The van der Waals surface area contributed by atoms with E-state index in [4.69, 9.17) is 16.3 Å². The van der Waals surface area contributed by atoms with Gasteiger partial charge in [0.15, 0.2) is 0 Å². The molecule has 2 aromatic heterocycles. The number of aryl methyl sites for hydroxylation is 1. The highest BCUT2D eigenvalue weighted by Crippen LogP contribution is 2.28. The quantitative estimate of drug-likeness (QED) is 0.514. The van der Waals surface area contributed by atoms with Gasteiger partial charge in [-0.25, -0.2) is 13.9 Å². The number of halogens is 2. The molecule has 0 bridgehead atoms. The average Bonchev–Trinajstić information content (AvgIpc) is 3.33. The highest BCUT2D eigenvalue weighted by atomic mass is 35.5. The van der Waals surface area contributed by atoms with Crippen molar-refractivity contribution < 1.29 is 9.13 Å². The number of ether oxygens (including phenoxy) is 1. The lowest BCUT2D eigenvalue weighted by molar-refractivity contribution is 0.299. The van der Waals surface area contributed by atoms with Gasteiger partial charge in [0.1, 0.15) is 18.2 Å². The van der Waals surface area contributed by atoms with E-state index in [1.54, 1.807) is 47.4 Å². The minimum atomic E-state index is -0.528. The maximum absolute atomic E-state index is 14.4. The summed E-state index contributed by atoms with van der Waals surface area (Å²) in [5.74, 6) is -0.155. The second-order valence-electron chi connectivity index (χ2n) is 5.89. The second-order valence-corrected chi connectivity index (χ2v) is 6.30. The number of benzene rings is 2. The van der Waals surface area contributed by atoms with Crippen molar-refractivity contribution in [3.05, 3.63) is 81.7 Å². The van der Waals surface area contributed by atoms with Crippen molar-refractivity contribution in [2.75, 3.05) is 0 Å². The predicted molar refractivity (Wildman–Crippen MR) is 99.5 cm³/mol. The van der Waals surface area contributed by atoms with E-state index in [-0.39, 0.29) is 17.9 Å². The molecule has 0 spiro atoms. The number of aromatic nitrogens is 6. The van der Waals surface area contributed by atoms with Crippen LogP contribution < -0.4 is 10.4 Å². The van der Waals surface area contributed by atoms with Gasteiger partial charge in [0, 0.05) is 19.4 Å². The summed E-state index contributed by atoms with van der Waals surface area (Å²) in [4.78, 5) is 12.1. The van der Waals surface area contributed by atoms with Crippen LogP contribution in [-0.4, -0.2) is 29.6 Å².